The average Bonchev–Trinajstić information content (AvgIpc) is 3.23. The summed E-state index contributed by atoms with van der Waals surface area (Å²) in [4.78, 5) is 38.1. The van der Waals surface area contributed by atoms with E-state index in [0.29, 0.717) is 72.1 Å². The molecule has 3 unspecified atom stereocenters. The molecule has 3 aliphatic rings. The number of hydrogen-bond acceptors (Lipinski definition) is 14. The molecular weight excluding hydrogens is 863 g/mol. The van der Waals surface area contributed by atoms with Gasteiger partial charge in [-0.05, 0) is 58.9 Å². The molecule has 20 heteroatoms. The van der Waals surface area contributed by atoms with Crippen molar-refractivity contribution < 1.29 is 46.2 Å². The first-order chi connectivity index (χ1) is 28.7. The van der Waals surface area contributed by atoms with E-state index in [4.69, 9.17) is 63.0 Å². The number of pyridine rings is 3. The molecule has 334 valence electrons. The number of ether oxygens (including phenoxy) is 4. The zero-order valence-electron chi connectivity index (χ0n) is 34.3. The molecule has 3 aromatic rings. The first-order valence-corrected chi connectivity index (χ1v) is 22.8. The maximum absolute atomic E-state index is 11.7. The van der Waals surface area contributed by atoms with Crippen LogP contribution in [0, 0.1) is 17.8 Å². The summed E-state index contributed by atoms with van der Waals surface area (Å²) in [5, 5.41) is 13.7. The number of hydrogen-bond donors (Lipinski definition) is 2. The zero-order valence-corrected chi connectivity index (χ0v) is 37.4. The number of rotatable bonds is 11. The molecule has 0 spiro atoms. The lowest BCUT2D eigenvalue weighted by Crippen LogP contribution is -2.41. The molecule has 3 saturated heterocycles. The Labute approximate surface area is 368 Å². The van der Waals surface area contributed by atoms with Gasteiger partial charge in [0.2, 0.25) is 0 Å². The fourth-order valence-electron chi connectivity index (χ4n) is 6.22. The first-order valence-electron chi connectivity index (χ1n) is 19.9. The second kappa shape index (κ2) is 27.9. The van der Waals surface area contributed by atoms with Gasteiger partial charge < -0.3 is 39.2 Å². The number of amides is 2. The SMILES string of the molecule is CCOC(=O)N1CCCC(COS(C)(=O)=O)C1.CCOC(=O)N1CCCC(COc2cncc(Cl)c2)C1.Clc1cncc(OCC2CCCNC2)c1.Oc1cncc(Cl)c1. The third-order valence-corrected chi connectivity index (χ3v) is 10.2. The Morgan fingerprint density at radius 1 is 0.717 bits per heavy atom. The van der Waals surface area contributed by atoms with Crippen LogP contribution in [0.5, 0.6) is 17.2 Å². The highest BCUT2D eigenvalue weighted by atomic mass is 35.5. The summed E-state index contributed by atoms with van der Waals surface area (Å²) in [6, 6.07) is 4.96. The van der Waals surface area contributed by atoms with Crippen LogP contribution in [0.1, 0.15) is 52.4 Å². The number of piperidine rings is 3. The van der Waals surface area contributed by atoms with Crippen molar-refractivity contribution in [2.24, 2.45) is 17.8 Å². The van der Waals surface area contributed by atoms with Gasteiger partial charge in [-0.15, -0.1) is 0 Å². The monoisotopic (exact) mass is 918 g/mol. The Morgan fingerprint density at radius 2 is 1.18 bits per heavy atom. The largest absolute Gasteiger partial charge is 0.506 e. The van der Waals surface area contributed by atoms with Crippen molar-refractivity contribution in [3.63, 3.8) is 0 Å². The van der Waals surface area contributed by atoms with Crippen molar-refractivity contribution in [2.75, 3.05) is 78.6 Å². The van der Waals surface area contributed by atoms with Crippen LogP contribution < -0.4 is 14.8 Å². The van der Waals surface area contributed by atoms with E-state index in [2.05, 4.69) is 20.3 Å². The summed E-state index contributed by atoms with van der Waals surface area (Å²) in [7, 11) is -3.41. The summed E-state index contributed by atoms with van der Waals surface area (Å²) in [6.07, 6.45) is 16.0. The predicted molar refractivity (Wildman–Crippen MR) is 229 cm³/mol. The highest BCUT2D eigenvalue weighted by molar-refractivity contribution is 7.85. The fourth-order valence-corrected chi connectivity index (χ4v) is 7.16. The van der Waals surface area contributed by atoms with Gasteiger partial charge in [-0.25, -0.2) is 9.59 Å². The molecule has 0 aromatic carbocycles. The number of halogens is 3. The average molecular weight is 920 g/mol. The van der Waals surface area contributed by atoms with E-state index in [1.807, 2.05) is 6.92 Å². The minimum atomic E-state index is -3.41. The lowest BCUT2D eigenvalue weighted by Gasteiger charge is -2.31. The topological polar surface area (TPSA) is 192 Å². The van der Waals surface area contributed by atoms with Gasteiger partial charge in [0, 0.05) is 87.3 Å². The summed E-state index contributed by atoms with van der Waals surface area (Å²) < 4.78 is 47.7. The van der Waals surface area contributed by atoms with Gasteiger partial charge in [-0.3, -0.25) is 19.1 Å². The normalized spacial score (nSPS) is 18.8. The quantitative estimate of drug-likeness (QED) is 0.181. The molecule has 0 radical (unpaired) electrons. The first kappa shape index (κ1) is 50.5. The number of carbonyl (C=O) groups is 2. The van der Waals surface area contributed by atoms with E-state index in [1.54, 1.807) is 53.6 Å². The Kier molecular flexibility index (Phi) is 23.5. The van der Waals surface area contributed by atoms with E-state index < -0.39 is 10.1 Å². The molecule has 2 amide bonds. The summed E-state index contributed by atoms with van der Waals surface area (Å²) >= 11 is 17.1. The van der Waals surface area contributed by atoms with Crippen molar-refractivity contribution in [1.29, 1.82) is 0 Å². The van der Waals surface area contributed by atoms with Gasteiger partial charge in [0.25, 0.3) is 10.1 Å². The van der Waals surface area contributed by atoms with Gasteiger partial charge in [0.05, 0.1) is 72.9 Å². The Balaban J connectivity index is 0.000000222. The van der Waals surface area contributed by atoms with Crippen LogP contribution >= 0.6 is 34.8 Å². The van der Waals surface area contributed by atoms with E-state index in [-0.39, 0.29) is 30.5 Å². The number of likely N-dealkylation sites (tertiary alicyclic amines) is 2. The maximum atomic E-state index is 11.7. The van der Waals surface area contributed by atoms with Gasteiger partial charge in [-0.1, -0.05) is 34.8 Å². The number of nitrogens with one attached hydrogen (secondary N) is 1. The molecule has 6 heterocycles. The van der Waals surface area contributed by atoms with Crippen LogP contribution in [0.4, 0.5) is 9.59 Å². The van der Waals surface area contributed by atoms with Crippen molar-refractivity contribution in [1.82, 2.24) is 30.1 Å². The lowest BCUT2D eigenvalue weighted by atomic mass is 9.99. The highest BCUT2D eigenvalue weighted by Gasteiger charge is 2.26. The van der Waals surface area contributed by atoms with E-state index >= 15 is 0 Å². The molecule has 0 aliphatic carbocycles. The standard InChI is InChI=1S/C14H19ClN2O3.C11H15ClN2O.C10H19NO5S.C5H4ClNO/c1-2-19-14(18)17-5-3-4-11(9-17)10-20-13-6-12(15)7-16-8-13;12-10-4-11(7-14-6-10)15-8-9-2-1-3-13-5-9;1-3-15-10(12)11-6-4-5-9(7-11)8-16-17(2,13)14;6-4-1-5(8)3-7-2-4/h6-8,11H,2-5,9-10H2,1H3;4,6-7,9,13H,1-3,5,8H2;9H,3-8H2,1-2H3;1-3,8H. The molecule has 6 rings (SSSR count). The minimum absolute atomic E-state index is 0.0582. The fraction of sp³-hybridized carbons (Fsp3) is 0.575. The van der Waals surface area contributed by atoms with Gasteiger partial charge in [0.1, 0.15) is 17.2 Å². The second-order valence-corrected chi connectivity index (χ2v) is 17.1. The summed E-state index contributed by atoms with van der Waals surface area (Å²) in [6.45, 7) is 10.5. The third kappa shape index (κ3) is 21.6. The predicted octanol–water partition coefficient (Wildman–Crippen LogP) is 7.37. The van der Waals surface area contributed by atoms with Gasteiger partial charge in [-0.2, -0.15) is 8.42 Å². The van der Waals surface area contributed by atoms with Crippen LogP contribution in [-0.2, 0) is 23.8 Å². The molecular formula is C40H57Cl3N6O10S. The van der Waals surface area contributed by atoms with Crippen molar-refractivity contribution >= 4 is 57.1 Å². The minimum Gasteiger partial charge on any atom is -0.506 e. The number of aromatic nitrogens is 3. The molecule has 60 heavy (non-hydrogen) atoms. The van der Waals surface area contributed by atoms with Crippen molar-refractivity contribution in [3.8, 4) is 17.2 Å². The molecule has 3 aliphatic heterocycles. The van der Waals surface area contributed by atoms with Crippen LogP contribution in [0.25, 0.3) is 0 Å². The zero-order chi connectivity index (χ0) is 43.8. The molecule has 2 N–H and O–H groups in total. The second-order valence-electron chi connectivity index (χ2n) is 14.2. The van der Waals surface area contributed by atoms with Crippen LogP contribution in [0.15, 0.2) is 55.4 Å². The Morgan fingerprint density at radius 3 is 1.60 bits per heavy atom. The smallest absolute Gasteiger partial charge is 0.409 e. The lowest BCUT2D eigenvalue weighted by molar-refractivity contribution is 0.0786. The van der Waals surface area contributed by atoms with Gasteiger partial charge >= 0.3 is 12.2 Å². The molecule has 3 aromatic heterocycles. The van der Waals surface area contributed by atoms with Crippen molar-refractivity contribution in [3.05, 3.63) is 70.4 Å². The van der Waals surface area contributed by atoms with E-state index in [0.717, 1.165) is 63.9 Å². The summed E-state index contributed by atoms with van der Waals surface area (Å²) in [5.41, 5.74) is 0. The Hall–Kier alpha value is -3.87. The van der Waals surface area contributed by atoms with E-state index in [1.165, 1.54) is 31.3 Å². The van der Waals surface area contributed by atoms with Crippen LogP contribution in [0.3, 0.4) is 0 Å². The molecule has 3 atom stereocenters. The third-order valence-electron chi connectivity index (χ3n) is 9.03. The number of aromatic hydroxyl groups is 1. The van der Waals surface area contributed by atoms with Crippen LogP contribution in [-0.4, -0.2) is 129 Å². The van der Waals surface area contributed by atoms with Gasteiger partial charge in [0.15, 0.2) is 0 Å². The molecule has 0 saturated carbocycles. The number of carbonyl (C=O) groups excluding carboxylic acids is 2. The molecule has 16 nitrogen and oxygen atoms in total. The number of nitrogens with zero attached hydrogens (tertiary/aromatic N) is 5. The summed E-state index contributed by atoms with van der Waals surface area (Å²) in [5.74, 6) is 2.49. The van der Waals surface area contributed by atoms with Crippen molar-refractivity contribution in [2.45, 2.75) is 52.4 Å². The van der Waals surface area contributed by atoms with E-state index in [9.17, 15) is 18.0 Å². The molecule has 0 bridgehead atoms. The Bertz CT molecular complexity index is 1810. The van der Waals surface area contributed by atoms with Crippen LogP contribution in [0.2, 0.25) is 15.1 Å². The highest BCUT2D eigenvalue weighted by Crippen LogP contribution is 2.22. The molecule has 3 fully saturated rings. The maximum Gasteiger partial charge on any atom is 0.409 e.